The summed E-state index contributed by atoms with van der Waals surface area (Å²) in [4.78, 5) is 1.02. The third-order valence-corrected chi connectivity index (χ3v) is 8.30. The molecule has 0 spiro atoms. The van der Waals surface area contributed by atoms with Crippen LogP contribution in [-0.4, -0.2) is 22.5 Å². The molecular formula is C33H34F3SSn. The molecule has 0 nitrogen and oxygen atoms in total. The van der Waals surface area contributed by atoms with Crippen LogP contribution in [0.2, 0.25) is 0 Å². The fourth-order valence-corrected chi connectivity index (χ4v) is 5.96. The van der Waals surface area contributed by atoms with Gasteiger partial charge >= 0.3 is 197 Å². The van der Waals surface area contributed by atoms with Crippen molar-refractivity contribution in [3.63, 3.8) is 0 Å². The van der Waals surface area contributed by atoms with Gasteiger partial charge in [-0.1, -0.05) is 18.2 Å². The predicted molar refractivity (Wildman–Crippen MR) is 157 cm³/mol. The van der Waals surface area contributed by atoms with E-state index in [-0.39, 0.29) is 5.41 Å². The quantitative estimate of drug-likeness (QED) is 0.159. The van der Waals surface area contributed by atoms with Crippen molar-refractivity contribution < 1.29 is 13.2 Å². The molecule has 0 aromatic heterocycles. The second kappa shape index (κ2) is 12.8. The summed E-state index contributed by atoms with van der Waals surface area (Å²) >= 11 is 4.87. The van der Waals surface area contributed by atoms with Gasteiger partial charge in [0.05, 0.1) is 0 Å². The molecule has 0 saturated carbocycles. The van der Waals surface area contributed by atoms with Gasteiger partial charge < -0.3 is 0 Å². The molecule has 0 unspecified atom stereocenters. The summed E-state index contributed by atoms with van der Waals surface area (Å²) in [6, 6.07) is 33.2. The fourth-order valence-electron chi connectivity index (χ4n) is 4.71. The van der Waals surface area contributed by atoms with Crippen LogP contribution >= 0.6 is 12.6 Å². The number of thiol groups is 1. The first-order valence-electron chi connectivity index (χ1n) is 12.6. The van der Waals surface area contributed by atoms with Gasteiger partial charge in [-0.05, 0) is 12.1 Å². The van der Waals surface area contributed by atoms with Gasteiger partial charge in [-0.3, -0.25) is 0 Å². The van der Waals surface area contributed by atoms with Crippen LogP contribution in [0.15, 0.2) is 108 Å². The second-order valence-electron chi connectivity index (χ2n) is 10.8. The van der Waals surface area contributed by atoms with Crippen molar-refractivity contribution in [3.8, 4) is 0 Å². The summed E-state index contributed by atoms with van der Waals surface area (Å²) in [5.74, 6) is 0. The van der Waals surface area contributed by atoms with E-state index in [4.69, 9.17) is 0 Å². The summed E-state index contributed by atoms with van der Waals surface area (Å²) in [5, 5.41) is 0. The molecule has 3 radical (unpaired) electrons. The maximum absolute atomic E-state index is 14.2. The average molecular weight is 638 g/mol. The molecule has 0 saturated heterocycles. The van der Waals surface area contributed by atoms with Gasteiger partial charge in [0.15, 0.2) is 0 Å². The summed E-state index contributed by atoms with van der Waals surface area (Å²) in [6.07, 6.45) is -3.47. The first-order valence-corrected chi connectivity index (χ1v) is 14.5. The molecule has 0 N–H and O–H groups in total. The topological polar surface area (TPSA) is 0 Å². The molecule has 0 aliphatic carbocycles. The molecule has 0 atom stereocenters. The van der Waals surface area contributed by atoms with Gasteiger partial charge in [-0.2, -0.15) is 0 Å². The van der Waals surface area contributed by atoms with Gasteiger partial charge in [0.25, 0.3) is 0 Å². The Kier molecular flexibility index (Phi) is 10.2. The standard InChI is InChI=1S/C27H28F3.C6H6S.Sn/c1-25(2,21-13-7-5-8-14-21)18-20-12-11-17-24(27(28,29)30)23(20)19-26(3,4)22-15-9-6-10-16-22;7-6-4-2-1-3-5-6;/h5-16H,18-19H2,1-4H3;1-5,7H;. The van der Waals surface area contributed by atoms with E-state index >= 15 is 0 Å². The smallest absolute Gasteiger partial charge is 0.00399 e. The number of halogens is 3. The van der Waals surface area contributed by atoms with Crippen LogP contribution in [0.4, 0.5) is 13.2 Å². The van der Waals surface area contributed by atoms with Gasteiger partial charge in [-0.15, -0.1) is 12.6 Å². The van der Waals surface area contributed by atoms with Crippen molar-refractivity contribution in [3.05, 3.63) is 131 Å². The van der Waals surface area contributed by atoms with Gasteiger partial charge in [-0.25, -0.2) is 0 Å². The van der Waals surface area contributed by atoms with Crippen molar-refractivity contribution in [1.82, 2.24) is 0 Å². The van der Waals surface area contributed by atoms with Gasteiger partial charge in [0.1, 0.15) is 0 Å². The molecule has 38 heavy (non-hydrogen) atoms. The largest absolute Gasteiger partial charge is 0.143 e. The molecule has 0 heterocycles. The third kappa shape index (κ3) is 8.16. The molecule has 4 aromatic rings. The van der Waals surface area contributed by atoms with Crippen LogP contribution in [0.1, 0.15) is 55.5 Å². The fraction of sp³-hybridized carbons (Fsp3) is 0.273. The zero-order valence-electron chi connectivity index (χ0n) is 22.3. The van der Waals surface area contributed by atoms with E-state index in [1.165, 1.54) is 0 Å². The second-order valence-corrected chi connectivity index (χ2v) is 12.9. The van der Waals surface area contributed by atoms with Crippen LogP contribution in [0.3, 0.4) is 0 Å². The summed E-state index contributed by atoms with van der Waals surface area (Å²) < 4.78 is 43.1. The number of alkyl halides is 3. The summed E-state index contributed by atoms with van der Waals surface area (Å²) in [7, 11) is 0. The molecule has 4 aromatic carbocycles. The Morgan fingerprint density at radius 2 is 1.03 bits per heavy atom. The van der Waals surface area contributed by atoms with E-state index in [1.807, 2.05) is 98.8 Å². The molecule has 0 aliphatic rings. The molecule has 0 fully saturated rings. The minimum atomic E-state index is -4.37. The normalized spacial score (nSPS) is 12.0. The molecular weight excluding hydrogens is 604 g/mol. The molecule has 5 heteroatoms. The van der Waals surface area contributed by atoms with Gasteiger partial charge in [0, 0.05) is 4.90 Å². The number of rotatable bonds is 6. The van der Waals surface area contributed by atoms with E-state index in [1.54, 1.807) is 6.07 Å². The zero-order chi connectivity index (χ0) is 28.0. The van der Waals surface area contributed by atoms with Crippen LogP contribution in [0, 0.1) is 0 Å². The Bertz CT molecular complexity index is 1300. The Balaban J connectivity index is 0.000000494. The van der Waals surface area contributed by atoms with Crippen molar-refractivity contribution in [2.24, 2.45) is 0 Å². The van der Waals surface area contributed by atoms with Crippen LogP contribution in [0.5, 0.6) is 0 Å². The van der Waals surface area contributed by atoms with Crippen molar-refractivity contribution in [2.45, 2.75) is 62.4 Å². The molecule has 0 aliphatic heterocycles. The average Bonchev–Trinajstić information content (AvgIpc) is 2.87. The van der Waals surface area contributed by atoms with Crippen molar-refractivity contribution in [1.29, 1.82) is 0 Å². The maximum atomic E-state index is 14.2. The number of benzene rings is 4. The van der Waals surface area contributed by atoms with Crippen molar-refractivity contribution in [2.75, 3.05) is 0 Å². The molecule has 0 amide bonds. The van der Waals surface area contributed by atoms with E-state index in [9.17, 15) is 13.2 Å². The SMILES string of the molecule is CC(C)(Cc1cc[c]([Sn])c(C(F)(F)F)c1CC(C)(C)c1ccccc1)c1ccccc1.Sc1ccccc1. The summed E-state index contributed by atoms with van der Waals surface area (Å²) in [6.45, 7) is 8.27. The summed E-state index contributed by atoms with van der Waals surface area (Å²) in [5.41, 5.74) is 2.27. The predicted octanol–water partition coefficient (Wildman–Crippen LogP) is 8.52. The minimum absolute atomic E-state index is 0.279. The van der Waals surface area contributed by atoms with E-state index in [0.717, 1.165) is 44.1 Å². The van der Waals surface area contributed by atoms with Crippen LogP contribution in [-0.2, 0) is 29.8 Å². The maximum Gasteiger partial charge on any atom is 0.00399 e. The zero-order valence-corrected chi connectivity index (χ0v) is 26.1. The van der Waals surface area contributed by atoms with E-state index < -0.39 is 17.2 Å². The van der Waals surface area contributed by atoms with Crippen LogP contribution < -0.4 is 3.58 Å². The van der Waals surface area contributed by atoms with E-state index in [2.05, 4.69) is 38.6 Å². The Morgan fingerprint density at radius 3 is 1.42 bits per heavy atom. The first kappa shape index (κ1) is 30.4. The Hall–Kier alpha value is -2.18. The van der Waals surface area contributed by atoms with Crippen molar-refractivity contribution >= 4 is 38.7 Å². The van der Waals surface area contributed by atoms with Crippen LogP contribution in [0.25, 0.3) is 0 Å². The molecule has 197 valence electrons. The Labute approximate surface area is 244 Å². The first-order chi connectivity index (χ1) is 17.8. The minimum Gasteiger partial charge on any atom is -0.143 e. The van der Waals surface area contributed by atoms with Gasteiger partial charge in [0.2, 0.25) is 0 Å². The third-order valence-electron chi connectivity index (χ3n) is 6.81. The molecule has 4 rings (SSSR count). The monoisotopic (exact) mass is 639 g/mol. The number of hydrogen-bond donors (Lipinski definition) is 1. The Morgan fingerprint density at radius 1 is 0.605 bits per heavy atom. The van der Waals surface area contributed by atoms with E-state index in [0.29, 0.717) is 22.0 Å². The number of hydrogen-bond acceptors (Lipinski definition) is 1. The molecule has 0 bridgehead atoms.